The van der Waals surface area contributed by atoms with E-state index in [1.54, 1.807) is 16.0 Å². The molecule has 0 bridgehead atoms. The minimum absolute atomic E-state index is 0.0561. The summed E-state index contributed by atoms with van der Waals surface area (Å²) in [5.41, 5.74) is 3.39. The molecule has 0 unspecified atom stereocenters. The molecule has 126 valence electrons. The van der Waals surface area contributed by atoms with Crippen LogP contribution in [-0.4, -0.2) is 18.8 Å². The fraction of sp³-hybridized carbons (Fsp3) is 0.190. The Morgan fingerprint density at radius 2 is 1.68 bits per heavy atom. The van der Waals surface area contributed by atoms with Crippen molar-refractivity contribution < 1.29 is 0 Å². The predicted octanol–water partition coefficient (Wildman–Crippen LogP) is 4.64. The maximum Gasteiger partial charge on any atom is 0.287 e. The summed E-state index contributed by atoms with van der Waals surface area (Å²) in [5, 5.41) is 4.07. The van der Waals surface area contributed by atoms with Crippen LogP contribution in [0.2, 0.25) is 0 Å². The Labute approximate surface area is 150 Å². The van der Waals surface area contributed by atoms with Crippen LogP contribution in [0.5, 0.6) is 0 Å². The Hall–Kier alpha value is -2.59. The van der Waals surface area contributed by atoms with Crippen LogP contribution in [0.15, 0.2) is 59.4 Å². The standard InChI is InChI=1S/C21H20N2OS/c1-4-17-18(14-10-6-5-7-11-14)19-15-12-8-9-13-16(15)23(22(2)3)21(24)20(19)25-17/h5-13H,4H2,1-3H3. The average molecular weight is 348 g/mol. The molecule has 0 saturated heterocycles. The van der Waals surface area contributed by atoms with Gasteiger partial charge in [-0.3, -0.25) is 4.79 Å². The van der Waals surface area contributed by atoms with E-state index in [0.29, 0.717) is 0 Å². The van der Waals surface area contributed by atoms with Crippen LogP contribution in [0.4, 0.5) is 0 Å². The highest BCUT2D eigenvalue weighted by Crippen LogP contribution is 2.41. The monoisotopic (exact) mass is 348 g/mol. The molecule has 4 heteroatoms. The van der Waals surface area contributed by atoms with Gasteiger partial charge in [-0.15, -0.1) is 11.3 Å². The topological polar surface area (TPSA) is 25.2 Å². The van der Waals surface area contributed by atoms with Crippen molar-refractivity contribution in [2.75, 3.05) is 19.1 Å². The zero-order valence-corrected chi connectivity index (χ0v) is 15.4. The van der Waals surface area contributed by atoms with Gasteiger partial charge in [0.15, 0.2) is 0 Å². The van der Waals surface area contributed by atoms with Gasteiger partial charge in [-0.05, 0) is 18.1 Å². The van der Waals surface area contributed by atoms with Crippen molar-refractivity contribution in [3.05, 3.63) is 69.8 Å². The molecule has 0 aliphatic rings. The number of para-hydroxylation sites is 1. The number of fused-ring (bicyclic) bond motifs is 3. The third kappa shape index (κ3) is 2.36. The van der Waals surface area contributed by atoms with E-state index in [9.17, 15) is 4.79 Å². The molecule has 2 heterocycles. The van der Waals surface area contributed by atoms with Crippen molar-refractivity contribution in [3.8, 4) is 11.1 Å². The van der Waals surface area contributed by atoms with Crippen molar-refractivity contribution >= 4 is 32.3 Å². The molecule has 0 radical (unpaired) electrons. The van der Waals surface area contributed by atoms with Crippen LogP contribution in [0.3, 0.4) is 0 Å². The Kier molecular flexibility index (Phi) is 3.85. The molecular weight excluding hydrogens is 328 g/mol. The summed E-state index contributed by atoms with van der Waals surface area (Å²) in [5.74, 6) is 0. The number of hydrogen-bond donors (Lipinski definition) is 0. The largest absolute Gasteiger partial charge is 0.316 e. The fourth-order valence-electron chi connectivity index (χ4n) is 3.52. The molecule has 0 aliphatic heterocycles. The number of aromatic nitrogens is 1. The molecule has 0 fully saturated rings. The van der Waals surface area contributed by atoms with Crippen LogP contribution >= 0.6 is 11.3 Å². The first-order valence-corrected chi connectivity index (χ1v) is 9.27. The first-order valence-electron chi connectivity index (χ1n) is 8.45. The Balaban J connectivity index is 2.27. The predicted molar refractivity (Wildman–Crippen MR) is 108 cm³/mol. The second-order valence-electron chi connectivity index (χ2n) is 6.31. The molecule has 0 aliphatic carbocycles. The molecule has 25 heavy (non-hydrogen) atoms. The molecule has 3 nitrogen and oxygen atoms in total. The van der Waals surface area contributed by atoms with Gasteiger partial charge in [0.05, 0.1) is 5.52 Å². The number of benzene rings is 2. The van der Waals surface area contributed by atoms with Gasteiger partial charge in [0.1, 0.15) is 4.70 Å². The average Bonchev–Trinajstić information content (AvgIpc) is 3.02. The SMILES string of the molecule is CCc1sc2c(=O)n(N(C)C)c3ccccc3c2c1-c1ccccc1. The van der Waals surface area contributed by atoms with Crippen LogP contribution in [0.25, 0.3) is 32.1 Å². The molecule has 0 spiro atoms. The molecular formula is C21H20N2OS. The number of nitrogens with zero attached hydrogens (tertiary/aromatic N) is 2. The molecule has 4 rings (SSSR count). The number of pyridine rings is 1. The number of rotatable bonds is 3. The van der Waals surface area contributed by atoms with E-state index in [1.807, 2.05) is 43.4 Å². The fourth-order valence-corrected chi connectivity index (χ4v) is 4.72. The lowest BCUT2D eigenvalue weighted by Gasteiger charge is -2.19. The molecule has 0 atom stereocenters. The van der Waals surface area contributed by atoms with Gasteiger partial charge in [0.2, 0.25) is 0 Å². The molecule has 4 aromatic rings. The van der Waals surface area contributed by atoms with E-state index < -0.39 is 0 Å². The molecule has 0 saturated carbocycles. The maximum atomic E-state index is 13.2. The lowest BCUT2D eigenvalue weighted by molar-refractivity contribution is 0.736. The van der Waals surface area contributed by atoms with Crippen molar-refractivity contribution in [2.45, 2.75) is 13.3 Å². The number of aryl methyl sites for hydroxylation is 1. The van der Waals surface area contributed by atoms with Gasteiger partial charge in [-0.2, -0.15) is 0 Å². The summed E-state index contributed by atoms with van der Waals surface area (Å²) in [7, 11) is 3.82. The summed E-state index contributed by atoms with van der Waals surface area (Å²) in [6.45, 7) is 2.16. The minimum Gasteiger partial charge on any atom is -0.316 e. The highest BCUT2D eigenvalue weighted by atomic mass is 32.1. The lowest BCUT2D eigenvalue weighted by Crippen LogP contribution is -2.35. The number of thiophene rings is 1. The normalized spacial score (nSPS) is 11.3. The third-order valence-electron chi connectivity index (χ3n) is 4.55. The molecule has 2 aromatic heterocycles. The van der Waals surface area contributed by atoms with Crippen molar-refractivity contribution in [1.29, 1.82) is 0 Å². The smallest absolute Gasteiger partial charge is 0.287 e. The highest BCUT2D eigenvalue weighted by molar-refractivity contribution is 7.19. The maximum absolute atomic E-state index is 13.2. The summed E-state index contributed by atoms with van der Waals surface area (Å²) in [6, 6.07) is 18.6. The summed E-state index contributed by atoms with van der Waals surface area (Å²) in [4.78, 5) is 14.5. The van der Waals surface area contributed by atoms with Crippen molar-refractivity contribution in [3.63, 3.8) is 0 Å². The Morgan fingerprint density at radius 1 is 1.00 bits per heavy atom. The first-order chi connectivity index (χ1) is 12.1. The second-order valence-corrected chi connectivity index (χ2v) is 7.41. The van der Waals surface area contributed by atoms with Gasteiger partial charge < -0.3 is 5.01 Å². The van der Waals surface area contributed by atoms with Gasteiger partial charge in [0, 0.05) is 35.3 Å². The third-order valence-corrected chi connectivity index (χ3v) is 5.87. The van der Waals surface area contributed by atoms with Gasteiger partial charge in [-0.1, -0.05) is 55.5 Å². The summed E-state index contributed by atoms with van der Waals surface area (Å²) < 4.78 is 2.60. The van der Waals surface area contributed by atoms with Gasteiger partial charge in [0.25, 0.3) is 5.56 Å². The van der Waals surface area contributed by atoms with Crippen LogP contribution in [-0.2, 0) is 6.42 Å². The zero-order chi connectivity index (χ0) is 17.6. The molecule has 0 N–H and O–H groups in total. The van der Waals surface area contributed by atoms with Crippen molar-refractivity contribution in [1.82, 2.24) is 4.68 Å². The Bertz CT molecular complexity index is 1120. The van der Waals surface area contributed by atoms with Crippen LogP contribution in [0.1, 0.15) is 11.8 Å². The summed E-state index contributed by atoms with van der Waals surface area (Å²) in [6.07, 6.45) is 0.916. The van der Waals surface area contributed by atoms with Crippen LogP contribution in [0, 0.1) is 0 Å². The Morgan fingerprint density at radius 3 is 2.36 bits per heavy atom. The van der Waals surface area contributed by atoms with E-state index in [1.165, 1.54) is 16.0 Å². The number of hydrogen-bond acceptors (Lipinski definition) is 3. The second kappa shape index (κ2) is 6.05. The van der Waals surface area contributed by atoms with E-state index in [-0.39, 0.29) is 5.56 Å². The van der Waals surface area contributed by atoms with E-state index in [0.717, 1.165) is 27.4 Å². The first kappa shape index (κ1) is 15.9. The molecule has 2 aromatic carbocycles. The summed E-state index contributed by atoms with van der Waals surface area (Å²) >= 11 is 1.63. The van der Waals surface area contributed by atoms with Crippen molar-refractivity contribution in [2.24, 2.45) is 0 Å². The van der Waals surface area contributed by atoms with Gasteiger partial charge >= 0.3 is 0 Å². The minimum atomic E-state index is 0.0561. The quantitative estimate of drug-likeness (QED) is 0.539. The van der Waals surface area contributed by atoms with E-state index >= 15 is 0 Å². The highest BCUT2D eigenvalue weighted by Gasteiger charge is 2.20. The van der Waals surface area contributed by atoms with Gasteiger partial charge in [-0.25, -0.2) is 4.68 Å². The zero-order valence-electron chi connectivity index (χ0n) is 14.6. The van der Waals surface area contributed by atoms with E-state index in [4.69, 9.17) is 0 Å². The van der Waals surface area contributed by atoms with E-state index in [2.05, 4.69) is 37.3 Å². The lowest BCUT2D eigenvalue weighted by atomic mass is 9.98. The molecule has 0 amide bonds. The van der Waals surface area contributed by atoms with Crippen LogP contribution < -0.4 is 10.6 Å².